The number of unbranched alkanes of at least 4 members (excludes halogenated alkanes) is 2. The van der Waals surface area contributed by atoms with Gasteiger partial charge in [-0.25, -0.2) is 0 Å². The fraction of sp³-hybridized carbons (Fsp3) is 0.549. The molecule has 0 aliphatic heterocycles. The Morgan fingerprint density at radius 3 is 1.40 bits per heavy atom. The summed E-state index contributed by atoms with van der Waals surface area (Å²) in [6.07, 6.45) is -2.89. The molecule has 0 bridgehead atoms. The standard InChI is InChI=1S/C51H81N15O14/c1-28(67)41(55)49(79)62-35(15-10-24-58-51(56)57)45(75)65-38(26-31-16-18-32(69)19-17-31)48(78)66-42(29(2)68)50(80)63-36(20-21-39(54)70)46(76)61-34(14-7-9-23-53)44(74)64-37(25-30-11-4-3-5-12-30)47(77)60-33(13-6-8-22-52)43(73)59-27-40(71)72/h3-5,11-12,16-19,28-29,33-38,41-42,67-69H,6-10,13-15,20-27,52-53,55H2,1-2H3,(H2,54,70)(H,59,73)(H,60,77)(H,61,76)(H,62,79)(H,63,80)(H,64,74)(H,65,75)(H,66,78)(H,71,72)(H4,56,57,58)/t28-,29-,33+,34+,35+,36+,37+,38+,41+,42+/m1/s1. The van der Waals surface area contributed by atoms with Crippen LogP contribution in [0.1, 0.15) is 89.2 Å². The van der Waals surface area contributed by atoms with E-state index >= 15 is 0 Å². The number of hydrogen-bond donors (Lipinski definition) is 18. The minimum atomic E-state index is -1.88. The van der Waals surface area contributed by atoms with E-state index < -0.39 is 139 Å². The molecular formula is C51H81N15O14. The van der Waals surface area contributed by atoms with Gasteiger partial charge in [-0.15, -0.1) is 0 Å². The second-order valence-corrected chi connectivity index (χ2v) is 19.1. The van der Waals surface area contributed by atoms with Gasteiger partial charge in [-0.2, -0.15) is 0 Å². The van der Waals surface area contributed by atoms with Crippen LogP contribution in [0.15, 0.2) is 59.6 Å². The van der Waals surface area contributed by atoms with Crippen molar-refractivity contribution in [3.63, 3.8) is 0 Å². The van der Waals surface area contributed by atoms with E-state index in [1.165, 1.54) is 31.2 Å². The van der Waals surface area contributed by atoms with Crippen LogP contribution in [-0.2, 0) is 60.8 Å². The Morgan fingerprint density at radius 2 is 0.938 bits per heavy atom. The van der Waals surface area contributed by atoms with Gasteiger partial charge in [0, 0.05) is 25.8 Å². The summed E-state index contributed by atoms with van der Waals surface area (Å²) < 4.78 is 0. The first-order chi connectivity index (χ1) is 37.9. The number of aromatic hydroxyl groups is 1. The van der Waals surface area contributed by atoms with Crippen LogP contribution >= 0.6 is 0 Å². The predicted molar refractivity (Wildman–Crippen MR) is 292 cm³/mol. The van der Waals surface area contributed by atoms with Crippen molar-refractivity contribution in [3.05, 3.63) is 65.7 Å². The molecule has 2 rings (SSSR count). The number of aliphatic carboxylic acids is 1. The van der Waals surface area contributed by atoms with Crippen LogP contribution in [0.4, 0.5) is 0 Å². The molecule has 80 heavy (non-hydrogen) atoms. The van der Waals surface area contributed by atoms with Crippen LogP contribution in [-0.4, -0.2) is 172 Å². The summed E-state index contributed by atoms with van der Waals surface area (Å²) in [7, 11) is 0. The summed E-state index contributed by atoms with van der Waals surface area (Å²) in [6, 6.07) is 1.94. The summed E-state index contributed by atoms with van der Waals surface area (Å²) in [5, 5.41) is 59.9. The maximum atomic E-state index is 14.3. The van der Waals surface area contributed by atoms with Crippen molar-refractivity contribution in [1.29, 1.82) is 0 Å². The number of phenolic OH excluding ortho intramolecular Hbond substituents is 1. The number of hydrogen-bond acceptors (Lipinski definition) is 17. The molecule has 29 heteroatoms. The second kappa shape index (κ2) is 36.2. The van der Waals surface area contributed by atoms with Crippen LogP contribution in [0.2, 0.25) is 0 Å². The Bertz CT molecular complexity index is 2380. The number of primary amides is 1. The highest BCUT2D eigenvalue weighted by Crippen LogP contribution is 2.14. The van der Waals surface area contributed by atoms with Crippen molar-refractivity contribution in [2.75, 3.05) is 26.2 Å². The first-order valence-electron chi connectivity index (χ1n) is 26.2. The highest BCUT2D eigenvalue weighted by molar-refractivity contribution is 5.98. The van der Waals surface area contributed by atoms with Gasteiger partial charge in [-0.1, -0.05) is 42.5 Å². The van der Waals surface area contributed by atoms with E-state index in [1.807, 2.05) is 0 Å². The van der Waals surface area contributed by atoms with Crippen LogP contribution < -0.4 is 76.9 Å². The average Bonchev–Trinajstić information content (AvgIpc) is 3.40. The van der Waals surface area contributed by atoms with Gasteiger partial charge in [0.1, 0.15) is 60.6 Å². The van der Waals surface area contributed by atoms with Gasteiger partial charge in [0.25, 0.3) is 0 Å². The SMILES string of the molecule is C[C@@H](O)[C@H](N)C(=O)N[C@@H](CCCN=C(N)N)C(=O)N[C@@H](Cc1ccc(O)cc1)C(=O)N[C@H](C(=O)N[C@@H](CCC(N)=O)C(=O)N[C@@H](CCCCN)C(=O)N[C@@H](Cc1ccccc1)C(=O)N[C@@H](CCCCN)C(=O)NCC(=O)O)[C@@H](C)O. The molecule has 24 N–H and O–H groups in total. The molecular weight excluding hydrogens is 1050 g/mol. The number of carbonyl (C=O) groups excluding carboxylic acids is 9. The number of amides is 9. The summed E-state index contributed by atoms with van der Waals surface area (Å²) >= 11 is 0. The zero-order valence-electron chi connectivity index (χ0n) is 45.1. The number of aliphatic hydroxyl groups excluding tert-OH is 2. The number of carboxylic acids is 1. The van der Waals surface area contributed by atoms with Gasteiger partial charge in [0.2, 0.25) is 53.2 Å². The number of carbonyl (C=O) groups is 10. The number of guanidine groups is 1. The molecule has 2 aromatic rings. The van der Waals surface area contributed by atoms with E-state index in [0.717, 1.165) is 6.92 Å². The molecule has 0 aliphatic carbocycles. The monoisotopic (exact) mass is 1130 g/mol. The lowest BCUT2D eigenvalue weighted by atomic mass is 10.0. The minimum absolute atomic E-state index is 0.0285. The normalized spacial score (nSPS) is 14.7. The lowest BCUT2D eigenvalue weighted by Gasteiger charge is -2.29. The third kappa shape index (κ3) is 26.1. The fourth-order valence-electron chi connectivity index (χ4n) is 7.77. The molecule has 0 heterocycles. The zero-order chi connectivity index (χ0) is 59.9. The number of aliphatic imine (C=N–C) groups is 1. The predicted octanol–water partition coefficient (Wildman–Crippen LogP) is -5.56. The molecule has 0 radical (unpaired) electrons. The second-order valence-electron chi connectivity index (χ2n) is 19.1. The van der Waals surface area contributed by atoms with E-state index in [0.29, 0.717) is 30.4 Å². The van der Waals surface area contributed by atoms with E-state index in [4.69, 9.17) is 39.5 Å². The number of carboxylic acid groups (broad SMARTS) is 1. The molecule has 0 aromatic heterocycles. The smallest absolute Gasteiger partial charge is 0.322 e. The van der Waals surface area contributed by atoms with Crippen LogP contribution in [0.5, 0.6) is 5.75 Å². The number of nitrogens with one attached hydrogen (secondary N) is 8. The maximum absolute atomic E-state index is 14.3. The Labute approximate surface area is 463 Å². The molecule has 0 unspecified atom stereocenters. The van der Waals surface area contributed by atoms with Gasteiger partial charge in [0.05, 0.1) is 12.2 Å². The molecule has 9 amide bonds. The number of nitrogens with zero attached hydrogens (tertiary/aromatic N) is 1. The molecule has 29 nitrogen and oxygen atoms in total. The topological polar surface area (TPSA) is 516 Å². The Morgan fingerprint density at radius 1 is 0.512 bits per heavy atom. The van der Waals surface area contributed by atoms with Crippen molar-refractivity contribution in [2.45, 2.75) is 151 Å². The first-order valence-corrected chi connectivity index (χ1v) is 26.2. The lowest BCUT2D eigenvalue weighted by Crippen LogP contribution is -2.62. The van der Waals surface area contributed by atoms with Crippen molar-refractivity contribution < 1.29 is 68.4 Å². The Kier molecular flexibility index (Phi) is 30.9. The molecule has 444 valence electrons. The van der Waals surface area contributed by atoms with Gasteiger partial charge in [0.15, 0.2) is 5.96 Å². The van der Waals surface area contributed by atoms with Crippen LogP contribution in [0.25, 0.3) is 0 Å². The molecule has 0 spiro atoms. The van der Waals surface area contributed by atoms with E-state index in [-0.39, 0.29) is 76.3 Å². The third-order valence-corrected chi connectivity index (χ3v) is 12.3. The van der Waals surface area contributed by atoms with E-state index in [2.05, 4.69) is 47.5 Å². The van der Waals surface area contributed by atoms with Crippen molar-refractivity contribution in [2.24, 2.45) is 39.4 Å². The van der Waals surface area contributed by atoms with Crippen molar-refractivity contribution >= 4 is 65.1 Å². The number of aliphatic hydroxyl groups is 2. The quantitative estimate of drug-likeness (QED) is 0.0169. The van der Waals surface area contributed by atoms with Gasteiger partial charge >= 0.3 is 5.97 Å². The molecule has 0 aliphatic rings. The average molecular weight is 1130 g/mol. The lowest BCUT2D eigenvalue weighted by molar-refractivity contribution is -0.138. The minimum Gasteiger partial charge on any atom is -0.508 e. The molecule has 0 fully saturated rings. The van der Waals surface area contributed by atoms with E-state index in [1.54, 1.807) is 30.3 Å². The highest BCUT2D eigenvalue weighted by atomic mass is 16.4. The van der Waals surface area contributed by atoms with Crippen LogP contribution in [0, 0.1) is 0 Å². The van der Waals surface area contributed by atoms with Crippen molar-refractivity contribution in [3.8, 4) is 5.75 Å². The highest BCUT2D eigenvalue weighted by Gasteiger charge is 2.36. The summed E-state index contributed by atoms with van der Waals surface area (Å²) in [5.41, 5.74) is 34.5. The number of nitrogens with two attached hydrogens (primary N) is 6. The molecule has 10 atom stereocenters. The Balaban J connectivity index is 2.52. The van der Waals surface area contributed by atoms with Gasteiger partial charge in [-0.3, -0.25) is 52.9 Å². The summed E-state index contributed by atoms with van der Waals surface area (Å²) in [5.74, 6) is -10.2. The number of rotatable bonds is 38. The fourth-order valence-corrected chi connectivity index (χ4v) is 7.77. The largest absolute Gasteiger partial charge is 0.508 e. The summed E-state index contributed by atoms with van der Waals surface area (Å²) in [6.45, 7) is 2.16. The zero-order valence-corrected chi connectivity index (χ0v) is 45.1. The van der Waals surface area contributed by atoms with Gasteiger partial charge < -0.3 is 97.4 Å². The third-order valence-electron chi connectivity index (χ3n) is 12.3. The van der Waals surface area contributed by atoms with Gasteiger partial charge in [-0.05, 0) is 108 Å². The van der Waals surface area contributed by atoms with E-state index in [9.17, 15) is 63.3 Å². The summed E-state index contributed by atoms with van der Waals surface area (Å²) in [4.78, 5) is 138. The van der Waals surface area contributed by atoms with Crippen LogP contribution in [0.3, 0.4) is 0 Å². The maximum Gasteiger partial charge on any atom is 0.322 e. The number of benzene rings is 2. The first kappa shape index (κ1) is 68.1. The molecule has 2 aromatic carbocycles. The van der Waals surface area contributed by atoms with Crippen molar-refractivity contribution in [1.82, 2.24) is 42.5 Å². The number of phenols is 1. The Hall–Kier alpha value is -7.99. The molecule has 0 saturated carbocycles. The molecule has 0 saturated heterocycles.